The molecule has 0 heterocycles. The molecule has 0 unspecified atom stereocenters. The summed E-state index contributed by atoms with van der Waals surface area (Å²) < 4.78 is 32.0. The summed E-state index contributed by atoms with van der Waals surface area (Å²) in [6, 6.07) is 12.0. The van der Waals surface area contributed by atoms with E-state index in [9.17, 15) is 18.0 Å². The predicted octanol–water partition coefficient (Wildman–Crippen LogP) is 2.10. The van der Waals surface area contributed by atoms with Gasteiger partial charge in [0.1, 0.15) is 5.75 Å². The smallest absolute Gasteiger partial charge is 0.268 e. The summed E-state index contributed by atoms with van der Waals surface area (Å²) >= 11 is 0. The first-order valence-corrected chi connectivity index (χ1v) is 10.00. The zero-order chi connectivity index (χ0) is 19.4. The molecule has 7 nitrogen and oxygen atoms in total. The fourth-order valence-electron chi connectivity index (χ4n) is 2.67. The van der Waals surface area contributed by atoms with E-state index < -0.39 is 15.9 Å². The molecule has 0 spiro atoms. The van der Waals surface area contributed by atoms with Crippen molar-refractivity contribution in [2.45, 2.75) is 30.2 Å². The molecule has 0 bridgehead atoms. The Kier molecular flexibility index (Phi) is 5.46. The van der Waals surface area contributed by atoms with Crippen molar-refractivity contribution >= 4 is 21.8 Å². The van der Waals surface area contributed by atoms with Gasteiger partial charge in [-0.15, -0.1) is 0 Å². The van der Waals surface area contributed by atoms with Gasteiger partial charge in [0.2, 0.25) is 0 Å². The van der Waals surface area contributed by atoms with E-state index in [0.717, 1.165) is 19.3 Å². The lowest BCUT2D eigenvalue weighted by Crippen LogP contribution is -2.39. The highest BCUT2D eigenvalue weighted by molar-refractivity contribution is 7.90. The number of hydrogen-bond acceptors (Lipinski definition) is 5. The van der Waals surface area contributed by atoms with Crippen LogP contribution in [-0.2, 0) is 10.0 Å². The summed E-state index contributed by atoms with van der Waals surface area (Å²) in [4.78, 5) is 24.3. The number of amides is 2. The Morgan fingerprint density at radius 3 is 2.26 bits per heavy atom. The van der Waals surface area contributed by atoms with Gasteiger partial charge in [-0.25, -0.2) is 13.1 Å². The minimum Gasteiger partial charge on any atom is -0.496 e. The number of nitrogens with one attached hydrogen (secondary N) is 2. The molecule has 27 heavy (non-hydrogen) atoms. The molecule has 1 aliphatic rings. The van der Waals surface area contributed by atoms with Crippen molar-refractivity contribution in [3.05, 3.63) is 59.7 Å². The van der Waals surface area contributed by atoms with Crippen molar-refractivity contribution in [1.82, 2.24) is 10.0 Å². The predicted molar refractivity (Wildman–Crippen MR) is 99.2 cm³/mol. The van der Waals surface area contributed by atoms with Crippen LogP contribution < -0.4 is 14.8 Å². The maximum absolute atomic E-state index is 12.5. The van der Waals surface area contributed by atoms with Crippen LogP contribution >= 0.6 is 0 Å². The molecule has 1 fully saturated rings. The normalized spacial score (nSPS) is 14.1. The largest absolute Gasteiger partial charge is 0.496 e. The van der Waals surface area contributed by atoms with E-state index in [4.69, 9.17) is 4.74 Å². The molecule has 8 heteroatoms. The van der Waals surface area contributed by atoms with Crippen LogP contribution in [0.1, 0.15) is 40.0 Å². The Labute approximate surface area is 157 Å². The number of carbonyl (C=O) groups is 2. The third kappa shape index (κ3) is 4.28. The van der Waals surface area contributed by atoms with Gasteiger partial charge in [-0.1, -0.05) is 12.1 Å². The molecular weight excluding hydrogens is 368 g/mol. The summed E-state index contributed by atoms with van der Waals surface area (Å²) in [5, 5.41) is 2.89. The first kappa shape index (κ1) is 18.9. The van der Waals surface area contributed by atoms with E-state index >= 15 is 0 Å². The van der Waals surface area contributed by atoms with Crippen molar-refractivity contribution in [1.29, 1.82) is 0 Å². The molecule has 2 N–H and O–H groups in total. The third-order valence-corrected chi connectivity index (χ3v) is 5.79. The van der Waals surface area contributed by atoms with Crippen molar-refractivity contribution in [3.8, 4) is 5.75 Å². The fourth-order valence-corrected chi connectivity index (χ4v) is 3.64. The standard InChI is InChI=1S/C19H20N2O5S/c1-26-17-8-3-2-7-16(17)19(23)21-27(24,25)15-11-9-13(10-12-15)18(22)20-14-5-4-6-14/h2-3,7-12,14H,4-6H2,1H3,(H,20,22)(H,21,23). The Bertz CT molecular complexity index is 950. The van der Waals surface area contributed by atoms with Crippen LogP contribution in [0, 0.1) is 0 Å². The van der Waals surface area contributed by atoms with Gasteiger partial charge < -0.3 is 10.1 Å². The molecule has 142 valence electrons. The highest BCUT2D eigenvalue weighted by Gasteiger charge is 2.23. The van der Waals surface area contributed by atoms with Gasteiger partial charge in [0.15, 0.2) is 0 Å². The summed E-state index contributed by atoms with van der Waals surface area (Å²) in [5.41, 5.74) is 0.483. The highest BCUT2D eigenvalue weighted by atomic mass is 32.2. The van der Waals surface area contributed by atoms with Gasteiger partial charge in [-0.05, 0) is 55.7 Å². The van der Waals surface area contributed by atoms with Crippen molar-refractivity contribution in [2.75, 3.05) is 7.11 Å². The van der Waals surface area contributed by atoms with Gasteiger partial charge in [-0.2, -0.15) is 0 Å². The topological polar surface area (TPSA) is 102 Å². The van der Waals surface area contributed by atoms with Gasteiger partial charge >= 0.3 is 0 Å². The number of ether oxygens (including phenoxy) is 1. The Balaban J connectivity index is 1.72. The van der Waals surface area contributed by atoms with Gasteiger partial charge in [0.05, 0.1) is 17.6 Å². The minimum absolute atomic E-state index is 0.106. The fraction of sp³-hybridized carbons (Fsp3) is 0.263. The lowest BCUT2D eigenvalue weighted by molar-refractivity contribution is 0.0915. The second-order valence-corrected chi connectivity index (χ2v) is 7.94. The molecule has 1 saturated carbocycles. The number of hydrogen-bond donors (Lipinski definition) is 2. The third-order valence-electron chi connectivity index (χ3n) is 4.45. The summed E-state index contributed by atoms with van der Waals surface area (Å²) in [7, 11) is -2.68. The summed E-state index contributed by atoms with van der Waals surface area (Å²) in [6.07, 6.45) is 3.04. The average molecular weight is 388 g/mol. The highest BCUT2D eigenvalue weighted by Crippen LogP contribution is 2.20. The van der Waals surface area contributed by atoms with Crippen LogP contribution in [0.3, 0.4) is 0 Å². The molecule has 0 saturated heterocycles. The second-order valence-electron chi connectivity index (χ2n) is 6.26. The zero-order valence-corrected chi connectivity index (χ0v) is 15.6. The number of rotatable bonds is 6. The molecule has 2 amide bonds. The summed E-state index contributed by atoms with van der Waals surface area (Å²) in [6.45, 7) is 0. The maximum atomic E-state index is 12.5. The van der Waals surface area contributed by atoms with Crippen LogP contribution in [0.5, 0.6) is 5.75 Å². The van der Waals surface area contributed by atoms with Gasteiger partial charge in [0.25, 0.3) is 21.8 Å². The molecule has 1 aliphatic carbocycles. The van der Waals surface area contributed by atoms with Crippen LogP contribution in [-0.4, -0.2) is 33.4 Å². The first-order valence-electron chi connectivity index (χ1n) is 8.52. The van der Waals surface area contributed by atoms with Crippen LogP contribution in [0.4, 0.5) is 0 Å². The van der Waals surface area contributed by atoms with E-state index in [-0.39, 0.29) is 28.2 Å². The van der Waals surface area contributed by atoms with Crippen LogP contribution in [0.2, 0.25) is 0 Å². The first-order chi connectivity index (χ1) is 12.9. The van der Waals surface area contributed by atoms with Crippen LogP contribution in [0.25, 0.3) is 0 Å². The maximum Gasteiger partial charge on any atom is 0.268 e. The van der Waals surface area contributed by atoms with Gasteiger partial charge in [-0.3, -0.25) is 9.59 Å². The quantitative estimate of drug-likeness (QED) is 0.789. The van der Waals surface area contributed by atoms with E-state index in [1.807, 2.05) is 4.72 Å². The second kappa shape index (κ2) is 7.79. The molecule has 0 radical (unpaired) electrons. The van der Waals surface area contributed by atoms with Crippen molar-refractivity contribution in [2.24, 2.45) is 0 Å². The van der Waals surface area contributed by atoms with Crippen molar-refractivity contribution in [3.63, 3.8) is 0 Å². The molecule has 0 aromatic heterocycles. The minimum atomic E-state index is -4.08. The Morgan fingerprint density at radius 1 is 1.00 bits per heavy atom. The molecule has 2 aromatic rings. The molecule has 3 rings (SSSR count). The Morgan fingerprint density at radius 2 is 1.67 bits per heavy atom. The molecular formula is C19H20N2O5S. The Hall–Kier alpha value is -2.87. The molecule has 2 aromatic carbocycles. The number of methoxy groups -OCH3 is 1. The number of carbonyl (C=O) groups excluding carboxylic acids is 2. The number of benzene rings is 2. The molecule has 0 aliphatic heterocycles. The zero-order valence-electron chi connectivity index (χ0n) is 14.8. The van der Waals surface area contributed by atoms with E-state index in [2.05, 4.69) is 5.32 Å². The molecule has 0 atom stereocenters. The summed E-state index contributed by atoms with van der Waals surface area (Å²) in [5.74, 6) is -0.755. The lowest BCUT2D eigenvalue weighted by atomic mass is 9.93. The van der Waals surface area contributed by atoms with E-state index in [0.29, 0.717) is 5.56 Å². The SMILES string of the molecule is COc1ccccc1C(=O)NS(=O)(=O)c1ccc(C(=O)NC2CCC2)cc1. The average Bonchev–Trinajstić information content (AvgIpc) is 2.64. The number of para-hydroxylation sites is 1. The van der Waals surface area contributed by atoms with Crippen molar-refractivity contribution < 1.29 is 22.7 Å². The van der Waals surface area contributed by atoms with Gasteiger partial charge in [0, 0.05) is 11.6 Å². The lowest BCUT2D eigenvalue weighted by Gasteiger charge is -2.26. The van der Waals surface area contributed by atoms with E-state index in [1.165, 1.54) is 37.4 Å². The van der Waals surface area contributed by atoms with Crippen LogP contribution in [0.15, 0.2) is 53.4 Å². The number of sulfonamides is 1. The van der Waals surface area contributed by atoms with E-state index in [1.54, 1.807) is 18.2 Å². The monoisotopic (exact) mass is 388 g/mol.